The number of amides is 1. The van der Waals surface area contributed by atoms with Gasteiger partial charge in [-0.1, -0.05) is 49.7 Å². The molecular formula is C20H21N3O2. The highest BCUT2D eigenvalue weighted by Gasteiger charge is 2.15. The molecular weight excluding hydrogens is 314 g/mol. The molecule has 3 rings (SSSR count). The van der Waals surface area contributed by atoms with E-state index in [0.29, 0.717) is 18.1 Å². The summed E-state index contributed by atoms with van der Waals surface area (Å²) in [6.45, 7) is 2.63. The molecule has 0 aliphatic rings. The monoisotopic (exact) mass is 335 g/mol. The van der Waals surface area contributed by atoms with Gasteiger partial charge in [-0.2, -0.15) is 0 Å². The lowest BCUT2D eigenvalue weighted by Crippen LogP contribution is -2.34. The number of hydrogen-bond donors (Lipinski definition) is 1. The van der Waals surface area contributed by atoms with E-state index in [2.05, 4.69) is 29.4 Å². The van der Waals surface area contributed by atoms with E-state index in [4.69, 9.17) is 0 Å². The molecule has 0 spiro atoms. The fourth-order valence-electron chi connectivity index (χ4n) is 2.82. The molecule has 0 fully saturated rings. The van der Waals surface area contributed by atoms with Crippen molar-refractivity contribution in [2.75, 3.05) is 6.54 Å². The van der Waals surface area contributed by atoms with Crippen molar-refractivity contribution >= 4 is 11.6 Å². The zero-order chi connectivity index (χ0) is 17.6. The van der Waals surface area contributed by atoms with Crippen LogP contribution in [0.15, 0.2) is 65.7 Å². The second-order valence-electron chi connectivity index (χ2n) is 6.08. The van der Waals surface area contributed by atoms with E-state index in [1.54, 1.807) is 24.4 Å². The minimum atomic E-state index is -0.373. The Bertz CT molecular complexity index is 919. The van der Waals surface area contributed by atoms with Gasteiger partial charge in [-0.15, -0.1) is 0 Å². The van der Waals surface area contributed by atoms with Gasteiger partial charge >= 0.3 is 0 Å². The van der Waals surface area contributed by atoms with Crippen molar-refractivity contribution in [2.45, 2.75) is 19.8 Å². The van der Waals surface area contributed by atoms with Crippen molar-refractivity contribution in [1.29, 1.82) is 0 Å². The van der Waals surface area contributed by atoms with Crippen LogP contribution in [-0.4, -0.2) is 21.8 Å². The van der Waals surface area contributed by atoms with Crippen LogP contribution in [0.5, 0.6) is 0 Å². The molecule has 3 aromatic rings. The molecule has 1 aromatic carbocycles. The molecule has 0 saturated heterocycles. The Morgan fingerprint density at radius 3 is 2.68 bits per heavy atom. The number of aromatic nitrogens is 2. The van der Waals surface area contributed by atoms with Crippen LogP contribution in [0.4, 0.5) is 0 Å². The third kappa shape index (κ3) is 3.94. The van der Waals surface area contributed by atoms with Crippen molar-refractivity contribution in [2.24, 2.45) is 5.92 Å². The Morgan fingerprint density at radius 1 is 1.16 bits per heavy atom. The largest absolute Gasteiger partial charge is 0.352 e. The normalized spacial score (nSPS) is 12.0. The molecule has 2 heterocycles. The molecule has 0 radical (unpaired) electrons. The number of carbonyl (C=O) groups excluding carboxylic acids is 1. The average Bonchev–Trinajstić information content (AvgIpc) is 2.66. The highest BCUT2D eigenvalue weighted by molar-refractivity contribution is 5.93. The van der Waals surface area contributed by atoms with Gasteiger partial charge < -0.3 is 5.32 Å². The molecule has 2 aromatic heterocycles. The second kappa shape index (κ2) is 7.75. The van der Waals surface area contributed by atoms with E-state index in [0.717, 1.165) is 12.8 Å². The average molecular weight is 335 g/mol. The zero-order valence-electron chi connectivity index (χ0n) is 14.2. The Labute approximate surface area is 146 Å². The van der Waals surface area contributed by atoms with Gasteiger partial charge in [-0.3, -0.25) is 14.0 Å². The van der Waals surface area contributed by atoms with Crippen molar-refractivity contribution in [3.63, 3.8) is 0 Å². The van der Waals surface area contributed by atoms with E-state index >= 15 is 0 Å². The molecule has 1 N–H and O–H groups in total. The summed E-state index contributed by atoms with van der Waals surface area (Å²) in [5, 5.41) is 2.88. The maximum absolute atomic E-state index is 12.4. The highest BCUT2D eigenvalue weighted by Crippen LogP contribution is 2.11. The lowest BCUT2D eigenvalue weighted by Gasteiger charge is -2.16. The number of benzene rings is 1. The molecule has 1 amide bonds. The summed E-state index contributed by atoms with van der Waals surface area (Å²) in [4.78, 5) is 29.0. The van der Waals surface area contributed by atoms with Crippen LogP contribution < -0.4 is 10.9 Å². The summed E-state index contributed by atoms with van der Waals surface area (Å²) in [6.07, 6.45) is 4.81. The van der Waals surface area contributed by atoms with Crippen LogP contribution in [0.3, 0.4) is 0 Å². The van der Waals surface area contributed by atoms with E-state index in [9.17, 15) is 9.59 Å². The minimum Gasteiger partial charge on any atom is -0.352 e. The Hall–Kier alpha value is -2.95. The van der Waals surface area contributed by atoms with Crippen LogP contribution in [0.2, 0.25) is 0 Å². The second-order valence-corrected chi connectivity index (χ2v) is 6.08. The Kier molecular flexibility index (Phi) is 5.23. The number of nitrogens with zero attached hydrogens (tertiary/aromatic N) is 2. The SMILES string of the molecule is CCC(CNC(=O)c1cnc2ccccn2c1=O)Cc1ccccc1. The lowest BCUT2D eigenvalue weighted by atomic mass is 9.97. The molecule has 0 aliphatic carbocycles. The first kappa shape index (κ1) is 16.9. The summed E-state index contributed by atoms with van der Waals surface area (Å²) in [5.74, 6) is -0.0511. The summed E-state index contributed by atoms with van der Waals surface area (Å²) in [5.41, 5.74) is 1.49. The van der Waals surface area contributed by atoms with E-state index in [1.165, 1.54) is 16.2 Å². The van der Waals surface area contributed by atoms with E-state index in [-0.39, 0.29) is 17.0 Å². The number of nitrogens with one attached hydrogen (secondary N) is 1. The first-order valence-electron chi connectivity index (χ1n) is 8.47. The van der Waals surface area contributed by atoms with Crippen molar-refractivity contribution in [3.05, 3.63) is 82.4 Å². The fourth-order valence-corrected chi connectivity index (χ4v) is 2.82. The predicted octanol–water partition coefficient (Wildman–Crippen LogP) is 2.69. The van der Waals surface area contributed by atoms with Crippen LogP contribution in [-0.2, 0) is 6.42 Å². The third-order valence-corrected chi connectivity index (χ3v) is 4.35. The number of carbonyl (C=O) groups is 1. The first-order valence-corrected chi connectivity index (χ1v) is 8.47. The maximum atomic E-state index is 12.4. The summed E-state index contributed by atoms with van der Waals surface area (Å²) in [7, 11) is 0. The van der Waals surface area contributed by atoms with Gasteiger partial charge in [0.2, 0.25) is 0 Å². The zero-order valence-corrected chi connectivity index (χ0v) is 14.2. The molecule has 128 valence electrons. The quantitative estimate of drug-likeness (QED) is 0.753. The highest BCUT2D eigenvalue weighted by atomic mass is 16.2. The van der Waals surface area contributed by atoms with Gasteiger partial charge in [-0.25, -0.2) is 4.98 Å². The van der Waals surface area contributed by atoms with Gasteiger partial charge in [0.15, 0.2) is 0 Å². The molecule has 0 bridgehead atoms. The van der Waals surface area contributed by atoms with Crippen molar-refractivity contribution < 1.29 is 4.79 Å². The molecule has 5 nitrogen and oxygen atoms in total. The third-order valence-electron chi connectivity index (χ3n) is 4.35. The molecule has 5 heteroatoms. The van der Waals surface area contributed by atoms with Gasteiger partial charge in [0.25, 0.3) is 11.5 Å². The lowest BCUT2D eigenvalue weighted by molar-refractivity contribution is 0.0944. The smallest absolute Gasteiger partial charge is 0.270 e. The minimum absolute atomic E-state index is 0.0678. The molecule has 1 atom stereocenters. The van der Waals surface area contributed by atoms with Gasteiger partial charge in [0.1, 0.15) is 11.2 Å². The van der Waals surface area contributed by atoms with Crippen LogP contribution in [0.25, 0.3) is 5.65 Å². The number of hydrogen-bond acceptors (Lipinski definition) is 3. The van der Waals surface area contributed by atoms with Gasteiger partial charge in [-0.05, 0) is 30.0 Å². The topological polar surface area (TPSA) is 63.5 Å². The first-order chi connectivity index (χ1) is 12.2. The fraction of sp³-hybridized carbons (Fsp3) is 0.250. The maximum Gasteiger partial charge on any atom is 0.270 e. The molecule has 0 saturated carbocycles. The van der Waals surface area contributed by atoms with Crippen molar-refractivity contribution in [1.82, 2.24) is 14.7 Å². The predicted molar refractivity (Wildman–Crippen MR) is 97.7 cm³/mol. The number of rotatable bonds is 6. The molecule has 1 unspecified atom stereocenters. The summed E-state index contributed by atoms with van der Waals surface area (Å²) >= 11 is 0. The van der Waals surface area contributed by atoms with E-state index in [1.807, 2.05) is 18.2 Å². The molecule has 25 heavy (non-hydrogen) atoms. The number of fused-ring (bicyclic) bond motifs is 1. The van der Waals surface area contributed by atoms with Gasteiger partial charge in [0, 0.05) is 18.9 Å². The van der Waals surface area contributed by atoms with E-state index < -0.39 is 0 Å². The molecule has 0 aliphatic heterocycles. The van der Waals surface area contributed by atoms with Gasteiger partial charge in [0.05, 0.1) is 0 Å². The van der Waals surface area contributed by atoms with Crippen LogP contribution >= 0.6 is 0 Å². The summed E-state index contributed by atoms with van der Waals surface area (Å²) in [6, 6.07) is 15.5. The number of pyridine rings is 1. The summed E-state index contributed by atoms with van der Waals surface area (Å²) < 4.78 is 1.39. The van der Waals surface area contributed by atoms with Crippen molar-refractivity contribution in [3.8, 4) is 0 Å². The standard InChI is InChI=1S/C20H21N3O2/c1-2-15(12-16-8-4-3-5-9-16)13-22-19(24)17-14-21-18-10-6-7-11-23(18)20(17)25/h3-11,14-15H,2,12-13H2,1H3,(H,22,24). The van der Waals surface area contributed by atoms with Crippen LogP contribution in [0, 0.1) is 5.92 Å². The Balaban J connectivity index is 1.69. The van der Waals surface area contributed by atoms with Crippen LogP contribution in [0.1, 0.15) is 29.3 Å². The Morgan fingerprint density at radius 2 is 1.92 bits per heavy atom.